The Hall–Kier alpha value is -1.65. The van der Waals surface area contributed by atoms with E-state index in [9.17, 15) is 14.0 Å². The van der Waals surface area contributed by atoms with Crippen LogP contribution in [0, 0.1) is 5.95 Å². The second-order valence-electron chi connectivity index (χ2n) is 2.23. The molecule has 0 saturated heterocycles. The number of carboxylic acid groups (broad SMARTS) is 1. The summed E-state index contributed by atoms with van der Waals surface area (Å²) in [5.74, 6) is -1.89. The van der Waals surface area contributed by atoms with Crippen molar-refractivity contribution in [3.63, 3.8) is 0 Å². The molecule has 2 N–H and O–H groups in total. The van der Waals surface area contributed by atoms with Crippen molar-refractivity contribution >= 4 is 5.97 Å². The second-order valence-corrected chi connectivity index (χ2v) is 2.23. The number of aliphatic carboxylic acids is 1. The quantitative estimate of drug-likeness (QED) is 0.622. The fourth-order valence-electron chi connectivity index (χ4n) is 0.782. The molecule has 0 aliphatic rings. The Morgan fingerprint density at radius 3 is 2.75 bits per heavy atom. The highest BCUT2D eigenvalue weighted by Gasteiger charge is 2.04. The van der Waals surface area contributed by atoms with E-state index in [0.717, 1.165) is 12.1 Å². The summed E-state index contributed by atoms with van der Waals surface area (Å²) in [4.78, 5) is 22.8. The molecule has 0 spiro atoms. The van der Waals surface area contributed by atoms with Gasteiger partial charge in [0.15, 0.2) is 5.95 Å². The van der Waals surface area contributed by atoms with E-state index in [1.165, 1.54) is 0 Å². The second kappa shape index (κ2) is 3.17. The number of aromatic nitrogens is 1. The number of pyridine rings is 1. The SMILES string of the molecule is O=C(O)Cc1ccc(F)[nH]c1=O. The lowest BCUT2D eigenvalue weighted by Crippen LogP contribution is -2.16. The molecule has 0 radical (unpaired) electrons. The zero-order valence-electron chi connectivity index (χ0n) is 6.00. The van der Waals surface area contributed by atoms with Crippen molar-refractivity contribution in [2.45, 2.75) is 6.42 Å². The number of H-pyrrole nitrogens is 1. The minimum absolute atomic E-state index is 0.0453. The normalized spacial score (nSPS) is 9.75. The first-order valence-electron chi connectivity index (χ1n) is 3.19. The monoisotopic (exact) mass is 171 g/mol. The summed E-state index contributed by atoms with van der Waals surface area (Å²) in [5, 5.41) is 8.31. The predicted molar refractivity (Wildman–Crippen MR) is 38.4 cm³/mol. The highest BCUT2D eigenvalue weighted by molar-refractivity contribution is 5.69. The number of rotatable bonds is 2. The molecule has 0 saturated carbocycles. The van der Waals surface area contributed by atoms with Crippen molar-refractivity contribution in [3.8, 4) is 0 Å². The van der Waals surface area contributed by atoms with Crippen LogP contribution in [0.3, 0.4) is 0 Å². The largest absolute Gasteiger partial charge is 0.481 e. The molecular formula is C7H6FNO3. The topological polar surface area (TPSA) is 70.2 Å². The first-order chi connectivity index (χ1) is 5.59. The molecule has 64 valence electrons. The molecule has 1 heterocycles. The van der Waals surface area contributed by atoms with E-state index in [4.69, 9.17) is 5.11 Å². The number of nitrogens with one attached hydrogen (secondary N) is 1. The van der Waals surface area contributed by atoms with Crippen molar-refractivity contribution in [3.05, 3.63) is 34.0 Å². The van der Waals surface area contributed by atoms with Gasteiger partial charge in [0, 0.05) is 5.56 Å². The van der Waals surface area contributed by atoms with Crippen molar-refractivity contribution in [2.75, 3.05) is 0 Å². The predicted octanol–water partition coefficient (Wildman–Crippen LogP) is 0.141. The van der Waals surface area contributed by atoms with E-state index >= 15 is 0 Å². The van der Waals surface area contributed by atoms with Crippen LogP contribution in [0.5, 0.6) is 0 Å². The summed E-state index contributed by atoms with van der Waals surface area (Å²) in [7, 11) is 0. The Morgan fingerprint density at radius 2 is 2.25 bits per heavy atom. The molecule has 0 aromatic carbocycles. The number of aromatic amines is 1. The molecule has 0 amide bonds. The van der Waals surface area contributed by atoms with Crippen LogP contribution in [0.1, 0.15) is 5.56 Å². The molecule has 1 rings (SSSR count). The minimum Gasteiger partial charge on any atom is -0.481 e. The van der Waals surface area contributed by atoms with E-state index in [1.807, 2.05) is 4.98 Å². The molecular weight excluding hydrogens is 165 g/mol. The molecule has 0 unspecified atom stereocenters. The molecule has 4 nitrogen and oxygen atoms in total. The van der Waals surface area contributed by atoms with Gasteiger partial charge in [-0.05, 0) is 12.1 Å². The molecule has 0 atom stereocenters. The van der Waals surface area contributed by atoms with Crippen LogP contribution in [-0.2, 0) is 11.2 Å². The molecule has 12 heavy (non-hydrogen) atoms. The van der Waals surface area contributed by atoms with Gasteiger partial charge in [-0.2, -0.15) is 4.39 Å². The summed E-state index contributed by atoms with van der Waals surface area (Å²) in [5.41, 5.74) is -0.652. The summed E-state index contributed by atoms with van der Waals surface area (Å²) in [6.07, 6.45) is -0.393. The van der Waals surface area contributed by atoms with Gasteiger partial charge in [-0.25, -0.2) is 0 Å². The van der Waals surface area contributed by atoms with E-state index in [0.29, 0.717) is 0 Å². The third-order valence-corrected chi connectivity index (χ3v) is 1.30. The van der Waals surface area contributed by atoms with E-state index in [1.54, 1.807) is 0 Å². The van der Waals surface area contributed by atoms with Gasteiger partial charge in [0.1, 0.15) is 0 Å². The molecule has 1 aromatic rings. The van der Waals surface area contributed by atoms with Gasteiger partial charge in [-0.1, -0.05) is 0 Å². The zero-order valence-corrected chi connectivity index (χ0v) is 6.00. The average Bonchev–Trinajstić information content (AvgIpc) is 1.94. The van der Waals surface area contributed by atoms with Crippen LogP contribution in [0.25, 0.3) is 0 Å². The van der Waals surface area contributed by atoms with Crippen molar-refractivity contribution in [1.29, 1.82) is 0 Å². The van der Waals surface area contributed by atoms with E-state index in [-0.39, 0.29) is 5.56 Å². The van der Waals surface area contributed by atoms with E-state index < -0.39 is 23.9 Å². The summed E-state index contributed by atoms with van der Waals surface area (Å²) in [6, 6.07) is 2.17. The highest BCUT2D eigenvalue weighted by Crippen LogP contribution is 1.93. The maximum Gasteiger partial charge on any atom is 0.308 e. The summed E-state index contributed by atoms with van der Waals surface area (Å²) in [6.45, 7) is 0. The number of carbonyl (C=O) groups is 1. The molecule has 5 heteroatoms. The standard InChI is InChI=1S/C7H6FNO3/c8-5-2-1-4(3-6(10)11)7(12)9-5/h1-2H,3H2,(H,9,12)(H,10,11). The first-order valence-corrected chi connectivity index (χ1v) is 3.19. The molecule has 0 aliphatic carbocycles. The molecule has 0 fully saturated rings. The number of hydrogen-bond acceptors (Lipinski definition) is 2. The Bertz CT molecular complexity index is 358. The lowest BCUT2D eigenvalue weighted by molar-refractivity contribution is -0.136. The van der Waals surface area contributed by atoms with Gasteiger partial charge in [0.2, 0.25) is 0 Å². The Kier molecular flexibility index (Phi) is 2.23. The van der Waals surface area contributed by atoms with Crippen LogP contribution in [0.4, 0.5) is 4.39 Å². The Balaban J connectivity index is 3.02. The van der Waals surface area contributed by atoms with Gasteiger partial charge in [0.05, 0.1) is 6.42 Å². The molecule has 1 aromatic heterocycles. The smallest absolute Gasteiger partial charge is 0.308 e. The fourth-order valence-corrected chi connectivity index (χ4v) is 0.782. The third-order valence-electron chi connectivity index (χ3n) is 1.30. The van der Waals surface area contributed by atoms with Crippen molar-refractivity contribution < 1.29 is 14.3 Å². The van der Waals surface area contributed by atoms with Gasteiger partial charge < -0.3 is 5.11 Å². The fraction of sp³-hybridized carbons (Fsp3) is 0.143. The van der Waals surface area contributed by atoms with Crippen LogP contribution < -0.4 is 5.56 Å². The highest BCUT2D eigenvalue weighted by atomic mass is 19.1. The third kappa shape index (κ3) is 1.91. The van der Waals surface area contributed by atoms with Crippen LogP contribution in [0.2, 0.25) is 0 Å². The van der Waals surface area contributed by atoms with Crippen LogP contribution in [-0.4, -0.2) is 16.1 Å². The lowest BCUT2D eigenvalue weighted by Gasteiger charge is -1.94. The van der Waals surface area contributed by atoms with E-state index in [2.05, 4.69) is 0 Å². The summed E-state index contributed by atoms with van der Waals surface area (Å²) < 4.78 is 12.3. The van der Waals surface area contributed by atoms with Crippen molar-refractivity contribution in [1.82, 2.24) is 4.98 Å². The molecule has 0 bridgehead atoms. The van der Waals surface area contributed by atoms with Gasteiger partial charge in [-0.15, -0.1) is 0 Å². The summed E-state index contributed by atoms with van der Waals surface area (Å²) >= 11 is 0. The average molecular weight is 171 g/mol. The van der Waals surface area contributed by atoms with Crippen LogP contribution in [0.15, 0.2) is 16.9 Å². The Morgan fingerprint density at radius 1 is 1.58 bits per heavy atom. The Labute approximate surface area is 66.7 Å². The first kappa shape index (κ1) is 8.45. The zero-order chi connectivity index (χ0) is 9.14. The van der Waals surface area contributed by atoms with Gasteiger partial charge in [-0.3, -0.25) is 14.6 Å². The maximum absolute atomic E-state index is 12.3. The number of carboxylic acids is 1. The van der Waals surface area contributed by atoms with Crippen LogP contribution >= 0.6 is 0 Å². The molecule has 0 aliphatic heterocycles. The number of halogens is 1. The maximum atomic E-state index is 12.3. The minimum atomic E-state index is -1.12. The number of hydrogen-bond donors (Lipinski definition) is 2. The van der Waals surface area contributed by atoms with Crippen molar-refractivity contribution in [2.24, 2.45) is 0 Å². The van der Waals surface area contributed by atoms with Gasteiger partial charge >= 0.3 is 5.97 Å². The van der Waals surface area contributed by atoms with Gasteiger partial charge in [0.25, 0.3) is 5.56 Å². The lowest BCUT2D eigenvalue weighted by atomic mass is 10.2.